The number of hydrogen-bond acceptors (Lipinski definition) is 6. The van der Waals surface area contributed by atoms with Crippen molar-refractivity contribution >= 4 is 17.3 Å². The molecule has 0 aliphatic heterocycles. The molecular weight excluding hydrogens is 476 g/mol. The molecule has 0 rings (SSSR count). The minimum atomic E-state index is -0.0799. The van der Waals surface area contributed by atoms with Gasteiger partial charge in [-0.05, 0) is 36.0 Å². The Morgan fingerprint density at radius 2 is 0.559 bits per heavy atom. The van der Waals surface area contributed by atoms with Crippen molar-refractivity contribution in [2.45, 2.75) is 83.1 Å². The van der Waals surface area contributed by atoms with Gasteiger partial charge in [0.2, 0.25) is 0 Å². The first-order valence-electron chi connectivity index (χ1n) is 11.6. The molecule has 0 aliphatic rings. The van der Waals surface area contributed by atoms with Gasteiger partial charge >= 0.3 is 17.1 Å². The van der Waals surface area contributed by atoms with Gasteiger partial charge in [-0.1, -0.05) is 83.1 Å². The third kappa shape index (κ3) is 22.0. The molecule has 0 saturated heterocycles. The Balaban J connectivity index is -0.000000196. The molecule has 6 nitrogen and oxygen atoms in total. The van der Waals surface area contributed by atoms with E-state index in [1.54, 1.807) is 83.1 Å². The van der Waals surface area contributed by atoms with Crippen molar-refractivity contribution in [3.05, 3.63) is 35.5 Å². The van der Waals surface area contributed by atoms with Gasteiger partial charge in [0, 0.05) is 17.8 Å². The summed E-state index contributed by atoms with van der Waals surface area (Å²) in [5.41, 5.74) is 0. The maximum Gasteiger partial charge on any atom is 3.00 e. The Bertz CT molecular complexity index is 601. The van der Waals surface area contributed by atoms with Crippen LogP contribution in [0, 0.1) is 35.5 Å². The van der Waals surface area contributed by atoms with Gasteiger partial charge in [0.25, 0.3) is 0 Å². The van der Waals surface area contributed by atoms with Gasteiger partial charge in [0.15, 0.2) is 17.3 Å². The summed E-state index contributed by atoms with van der Waals surface area (Å²) in [6.07, 6.45) is 3.61. The van der Waals surface area contributed by atoms with Crippen LogP contribution in [-0.4, -0.2) is 17.3 Å². The van der Waals surface area contributed by atoms with Crippen LogP contribution in [0.4, 0.5) is 0 Å². The van der Waals surface area contributed by atoms with Gasteiger partial charge in [-0.15, -0.1) is 17.3 Å². The largest absolute Gasteiger partial charge is 3.00 e. The quantitative estimate of drug-likeness (QED) is 0.261. The van der Waals surface area contributed by atoms with Gasteiger partial charge in [-0.2, -0.15) is 0 Å². The fourth-order valence-corrected chi connectivity index (χ4v) is 1.42. The van der Waals surface area contributed by atoms with Crippen molar-refractivity contribution in [2.24, 2.45) is 35.5 Å². The van der Waals surface area contributed by atoms with Gasteiger partial charge < -0.3 is 15.3 Å². The molecule has 0 N–H and O–H groups in total. The van der Waals surface area contributed by atoms with E-state index in [-0.39, 0.29) is 87.2 Å². The zero-order valence-corrected chi connectivity index (χ0v) is 24.1. The molecule has 0 aromatic carbocycles. The van der Waals surface area contributed by atoms with E-state index in [1.807, 2.05) is 0 Å². The minimum Gasteiger partial charge on any atom is -0.875 e. The van der Waals surface area contributed by atoms with E-state index < -0.39 is 0 Å². The van der Waals surface area contributed by atoms with Crippen LogP contribution in [0.15, 0.2) is 35.5 Å². The van der Waals surface area contributed by atoms with E-state index >= 15 is 0 Å². The number of carbonyl (C=O) groups excluding carboxylic acids is 3. The fraction of sp³-hybridized carbons (Fsp3) is 0.667. The molecule has 7 heteroatoms. The average Bonchev–Trinajstić information content (AvgIpc) is 2.67. The predicted octanol–water partition coefficient (Wildman–Crippen LogP) is 3.33. The number of carbonyl (C=O) groups is 3. The summed E-state index contributed by atoms with van der Waals surface area (Å²) in [5, 5.41) is 32.9. The second-order valence-corrected chi connectivity index (χ2v) is 9.78. The Morgan fingerprint density at radius 1 is 0.412 bits per heavy atom. The van der Waals surface area contributed by atoms with Crippen molar-refractivity contribution < 1.29 is 46.8 Å². The first kappa shape index (κ1) is 39.4. The molecule has 0 fully saturated rings. The van der Waals surface area contributed by atoms with Crippen LogP contribution >= 0.6 is 0 Å². The average molecular weight is 521 g/mol. The maximum atomic E-state index is 11.0. The third-order valence-electron chi connectivity index (χ3n) is 4.27. The van der Waals surface area contributed by atoms with Crippen LogP contribution in [0.2, 0.25) is 0 Å². The number of allylic oxidation sites excluding steroid dienone is 6. The molecule has 0 aromatic heterocycles. The summed E-state index contributed by atoms with van der Waals surface area (Å²) in [6, 6.07) is 0. The number of rotatable bonds is 9. The minimum absolute atomic E-state index is 0. The molecule has 0 heterocycles. The van der Waals surface area contributed by atoms with E-state index in [0.717, 1.165) is 0 Å². The van der Waals surface area contributed by atoms with Crippen molar-refractivity contribution in [3.8, 4) is 0 Å². The first-order chi connectivity index (χ1) is 14.8. The molecule has 0 amide bonds. The maximum absolute atomic E-state index is 11.0. The van der Waals surface area contributed by atoms with Crippen LogP contribution < -0.4 is 15.3 Å². The molecule has 197 valence electrons. The van der Waals surface area contributed by atoms with Crippen LogP contribution in [0.3, 0.4) is 0 Å². The van der Waals surface area contributed by atoms with Crippen LogP contribution in [0.1, 0.15) is 83.1 Å². The normalized spacial score (nSPS) is 12.4. The molecule has 0 spiro atoms. The zero-order valence-electron chi connectivity index (χ0n) is 23.0. The topological polar surface area (TPSA) is 120 Å². The molecule has 34 heavy (non-hydrogen) atoms. The molecule has 0 aromatic rings. The second kappa shape index (κ2) is 20.5. The standard InChI is InChI=1S/3C9H16O2.Fe/c3*1-6(2)8(10)5-9(11)7(3)4;/h3*5-7,10H,1-4H3;/q;;;+3/p-3/b3*8-5-;. The first-order valence-corrected chi connectivity index (χ1v) is 11.6. The SMILES string of the molecule is CC(C)C(=O)/C=C(\[O-])C(C)C.CC(C)C(=O)/C=C(\[O-])C(C)C.CC(C)C(=O)/C=C(\[O-])C(C)C.[Fe+3]. The zero-order chi connectivity index (χ0) is 27.0. The van der Waals surface area contributed by atoms with Crippen LogP contribution in [0.5, 0.6) is 0 Å². The second-order valence-electron chi connectivity index (χ2n) is 9.78. The Labute approximate surface area is 218 Å². The summed E-state index contributed by atoms with van der Waals surface area (Å²) in [5.74, 6) is -0.909. The molecule has 0 bridgehead atoms. The van der Waals surface area contributed by atoms with Gasteiger partial charge in [0.05, 0.1) is 0 Å². The summed E-state index contributed by atoms with van der Waals surface area (Å²) in [7, 11) is 0. The molecule has 0 atom stereocenters. The van der Waals surface area contributed by atoms with Crippen LogP contribution in [0.25, 0.3) is 0 Å². The van der Waals surface area contributed by atoms with Crippen LogP contribution in [-0.2, 0) is 31.5 Å². The van der Waals surface area contributed by atoms with Crippen molar-refractivity contribution in [3.63, 3.8) is 0 Å². The van der Waals surface area contributed by atoms with Gasteiger partial charge in [0.1, 0.15) is 0 Å². The van der Waals surface area contributed by atoms with Crippen molar-refractivity contribution in [1.29, 1.82) is 0 Å². The predicted molar refractivity (Wildman–Crippen MR) is 128 cm³/mol. The molecule has 1 radical (unpaired) electrons. The molecule has 0 unspecified atom stereocenters. The molecular formula is C27H45FeO6. The van der Waals surface area contributed by atoms with E-state index in [9.17, 15) is 29.7 Å². The van der Waals surface area contributed by atoms with E-state index in [1.165, 1.54) is 18.2 Å². The van der Waals surface area contributed by atoms with Gasteiger partial charge in [-0.25, -0.2) is 0 Å². The van der Waals surface area contributed by atoms with E-state index in [0.29, 0.717) is 0 Å². The molecule has 0 saturated carbocycles. The summed E-state index contributed by atoms with van der Waals surface area (Å²) >= 11 is 0. The Hall–Kier alpha value is -1.85. The van der Waals surface area contributed by atoms with E-state index in [2.05, 4.69) is 0 Å². The number of hydrogen-bond donors (Lipinski definition) is 0. The number of ketones is 3. The van der Waals surface area contributed by atoms with E-state index in [4.69, 9.17) is 0 Å². The Kier molecular flexibility index (Phi) is 23.8. The monoisotopic (exact) mass is 521 g/mol. The fourth-order valence-electron chi connectivity index (χ4n) is 1.42. The summed E-state index contributed by atoms with van der Waals surface area (Å²) < 4.78 is 0. The summed E-state index contributed by atoms with van der Waals surface area (Å²) in [6.45, 7) is 21.4. The smallest absolute Gasteiger partial charge is 0.875 e. The Morgan fingerprint density at radius 3 is 0.647 bits per heavy atom. The van der Waals surface area contributed by atoms with Gasteiger partial charge in [-0.3, -0.25) is 14.4 Å². The van der Waals surface area contributed by atoms with Crippen molar-refractivity contribution in [1.82, 2.24) is 0 Å². The molecule has 0 aliphatic carbocycles. The third-order valence-corrected chi connectivity index (χ3v) is 4.27. The van der Waals surface area contributed by atoms with Crippen molar-refractivity contribution in [2.75, 3.05) is 0 Å². The summed E-state index contributed by atoms with van der Waals surface area (Å²) in [4.78, 5) is 32.9.